The molecule has 0 aliphatic rings. The lowest BCUT2D eigenvalue weighted by Crippen LogP contribution is -2.08. The number of phenolic OH excluding ortho intramolecular Hbond substituents is 4. The molecule has 0 saturated heterocycles. The third-order valence-corrected chi connectivity index (χ3v) is 5.33. The summed E-state index contributed by atoms with van der Waals surface area (Å²) in [6.07, 6.45) is 7.02. The Hall–Kier alpha value is -5.24. The smallest absolute Gasteiger partial charge is 0.287 e. The Morgan fingerprint density at radius 1 is 0.417 bits per heavy atom. The first-order chi connectivity index (χ1) is 17.3. The molecule has 4 aromatic rings. The van der Waals surface area contributed by atoms with Crippen molar-refractivity contribution in [2.24, 2.45) is 0 Å². The number of nitrogens with zero attached hydrogens (tertiary/aromatic N) is 2. The maximum Gasteiger partial charge on any atom is 0.287 e. The summed E-state index contributed by atoms with van der Waals surface area (Å²) >= 11 is 0. The van der Waals surface area contributed by atoms with Gasteiger partial charge < -0.3 is 30.8 Å². The van der Waals surface area contributed by atoms with Crippen LogP contribution in [-0.4, -0.2) is 30.1 Å². The summed E-state index contributed by atoms with van der Waals surface area (Å²) in [6, 6.07) is 21.7. The van der Waals surface area contributed by atoms with Crippen LogP contribution < -0.4 is 0 Å². The molecule has 8 heteroatoms. The molecule has 0 heterocycles. The lowest BCUT2D eigenvalue weighted by Gasteiger charge is -2.04. The summed E-state index contributed by atoms with van der Waals surface area (Å²) < 4.78 is 0. The Kier molecular flexibility index (Phi) is 6.87. The van der Waals surface area contributed by atoms with Gasteiger partial charge in [0.1, 0.15) is 0 Å². The topological polar surface area (TPSA) is 133 Å². The summed E-state index contributed by atoms with van der Waals surface area (Å²) in [4.78, 5) is 0.491. The molecule has 8 nitrogen and oxygen atoms in total. The van der Waals surface area contributed by atoms with E-state index in [1.165, 1.54) is 48.5 Å². The number of benzene rings is 4. The zero-order valence-electron chi connectivity index (χ0n) is 18.9. The average molecular weight is 482 g/mol. The monoisotopic (exact) mass is 482 g/mol. The van der Waals surface area contributed by atoms with E-state index in [4.69, 9.17) is 0 Å². The molecule has 0 unspecified atom stereocenters. The number of hydrogen-bond donors (Lipinski definition) is 4. The molecule has 4 aromatic carbocycles. The molecule has 36 heavy (non-hydrogen) atoms. The average Bonchev–Trinajstić information content (AvgIpc) is 2.90. The van der Waals surface area contributed by atoms with Gasteiger partial charge in [0.25, 0.3) is 11.4 Å². The molecule has 0 fully saturated rings. The molecule has 0 spiro atoms. The first kappa shape index (κ1) is 23.9. The minimum absolute atomic E-state index is 0.153. The lowest BCUT2D eigenvalue weighted by atomic mass is 10.1. The van der Waals surface area contributed by atoms with E-state index in [9.17, 15) is 30.8 Å². The Bertz CT molecular complexity index is 1360. The van der Waals surface area contributed by atoms with Crippen LogP contribution in [0.4, 0.5) is 11.4 Å². The third kappa shape index (κ3) is 5.63. The van der Waals surface area contributed by atoms with E-state index in [-0.39, 0.29) is 44.1 Å². The van der Waals surface area contributed by atoms with Crippen LogP contribution in [0.3, 0.4) is 0 Å². The highest BCUT2D eigenvalue weighted by atomic mass is 16.6. The summed E-state index contributed by atoms with van der Waals surface area (Å²) in [6.45, 7) is 0. The predicted octanol–water partition coefficient (Wildman–Crippen LogP) is 6.29. The van der Waals surface area contributed by atoms with Crippen LogP contribution in [0.25, 0.3) is 24.3 Å². The standard InChI is InChI=1S/C28H22N2O6/c31-25-15-9-21(17-27(25)33)3-1-19-5-11-23(12-6-19)29(35)30(36)24-13-7-20(8-14-24)2-4-22-10-16-26(32)28(34)18-22/h1-18,31-34H. The first-order valence-electron chi connectivity index (χ1n) is 10.8. The fraction of sp³-hybridized carbons (Fsp3) is 0. The molecule has 0 aromatic heterocycles. The first-order valence-corrected chi connectivity index (χ1v) is 10.8. The van der Waals surface area contributed by atoms with Gasteiger partial charge in [-0.3, -0.25) is 0 Å². The summed E-state index contributed by atoms with van der Waals surface area (Å²) in [5.41, 5.74) is 3.22. The third-order valence-electron chi connectivity index (χ3n) is 5.33. The normalized spacial score (nSPS) is 12.2. The quantitative estimate of drug-likeness (QED) is 0.0840. The minimum atomic E-state index is -0.216. The molecular formula is C28H22N2O6. The van der Waals surface area contributed by atoms with E-state index in [2.05, 4.69) is 0 Å². The molecule has 4 rings (SSSR count). The molecule has 0 radical (unpaired) electrons. The van der Waals surface area contributed by atoms with Crippen LogP contribution in [0.1, 0.15) is 22.3 Å². The summed E-state index contributed by atoms with van der Waals surface area (Å²) in [5, 5.41) is 63.0. The Labute approximate surface area is 206 Å². The van der Waals surface area contributed by atoms with E-state index in [0.29, 0.717) is 11.1 Å². The maximum atomic E-state index is 12.6. The molecule has 0 bridgehead atoms. The Morgan fingerprint density at radius 2 is 0.722 bits per heavy atom. The molecule has 0 amide bonds. The zero-order valence-corrected chi connectivity index (χ0v) is 18.9. The van der Waals surface area contributed by atoms with Crippen LogP contribution in [0.5, 0.6) is 23.0 Å². The second-order valence-corrected chi connectivity index (χ2v) is 7.89. The molecular weight excluding hydrogens is 460 g/mol. The zero-order chi connectivity index (χ0) is 25.7. The van der Waals surface area contributed by atoms with Crippen LogP contribution in [0.2, 0.25) is 0 Å². The van der Waals surface area contributed by atoms with E-state index < -0.39 is 0 Å². The predicted molar refractivity (Wildman–Crippen MR) is 137 cm³/mol. The van der Waals surface area contributed by atoms with Gasteiger partial charge >= 0.3 is 0 Å². The highest BCUT2D eigenvalue weighted by Crippen LogP contribution is 2.27. The van der Waals surface area contributed by atoms with Crippen LogP contribution in [-0.2, 0) is 0 Å². The van der Waals surface area contributed by atoms with Gasteiger partial charge in [-0.1, -0.05) is 36.4 Å². The van der Waals surface area contributed by atoms with E-state index >= 15 is 0 Å². The van der Waals surface area contributed by atoms with Crippen molar-refractivity contribution in [1.29, 1.82) is 0 Å². The van der Waals surface area contributed by atoms with Gasteiger partial charge in [0.2, 0.25) is 0 Å². The van der Waals surface area contributed by atoms with Gasteiger partial charge in [0, 0.05) is 24.3 Å². The van der Waals surface area contributed by atoms with Crippen LogP contribution in [0.15, 0.2) is 84.9 Å². The number of phenols is 4. The van der Waals surface area contributed by atoms with E-state index in [1.807, 2.05) is 0 Å². The van der Waals surface area contributed by atoms with Gasteiger partial charge in [0.05, 0.1) is 9.72 Å². The molecule has 0 atom stereocenters. The van der Waals surface area contributed by atoms with Crippen molar-refractivity contribution in [2.45, 2.75) is 0 Å². The van der Waals surface area contributed by atoms with Crippen molar-refractivity contribution in [1.82, 2.24) is 0 Å². The second-order valence-electron chi connectivity index (χ2n) is 7.89. The van der Waals surface area contributed by atoms with E-state index in [0.717, 1.165) is 11.1 Å². The molecule has 0 aliphatic heterocycles. The van der Waals surface area contributed by atoms with Crippen molar-refractivity contribution in [2.75, 3.05) is 0 Å². The Balaban J connectivity index is 1.46. The van der Waals surface area contributed by atoms with Crippen molar-refractivity contribution >= 4 is 35.7 Å². The molecule has 0 saturated carbocycles. The second kappa shape index (κ2) is 10.4. The SMILES string of the molecule is [O-][N+](c1ccc(C=Cc2ccc(O)c(O)c2)cc1)=[N+]([O-])c1ccc(C=Cc2ccc(O)c(O)c2)cc1. The lowest BCUT2D eigenvalue weighted by molar-refractivity contribution is -0.896. The fourth-order valence-electron chi connectivity index (χ4n) is 3.31. The Morgan fingerprint density at radius 3 is 1.06 bits per heavy atom. The van der Waals surface area contributed by atoms with Crippen LogP contribution >= 0.6 is 0 Å². The van der Waals surface area contributed by atoms with Gasteiger partial charge in [-0.2, -0.15) is 0 Å². The number of azo groups is 1. The molecule has 0 aliphatic carbocycles. The molecule has 4 N–H and O–H groups in total. The highest BCUT2D eigenvalue weighted by Gasteiger charge is 2.15. The van der Waals surface area contributed by atoms with Gasteiger partial charge in [0.15, 0.2) is 23.0 Å². The van der Waals surface area contributed by atoms with Gasteiger partial charge in [-0.25, -0.2) is 0 Å². The minimum Gasteiger partial charge on any atom is -0.561 e. The van der Waals surface area contributed by atoms with Gasteiger partial charge in [-0.05, 0) is 70.8 Å². The summed E-state index contributed by atoms with van der Waals surface area (Å²) in [7, 11) is 0. The number of rotatable bonds is 6. The largest absolute Gasteiger partial charge is 0.561 e. The maximum absolute atomic E-state index is 12.6. The van der Waals surface area contributed by atoms with Crippen LogP contribution in [0, 0.1) is 10.4 Å². The van der Waals surface area contributed by atoms with E-state index in [1.54, 1.807) is 60.7 Å². The van der Waals surface area contributed by atoms with Crippen molar-refractivity contribution in [3.05, 3.63) is 118 Å². The fourth-order valence-corrected chi connectivity index (χ4v) is 3.31. The number of aromatic hydroxyl groups is 4. The van der Waals surface area contributed by atoms with Crippen molar-refractivity contribution < 1.29 is 30.1 Å². The summed E-state index contributed by atoms with van der Waals surface area (Å²) in [5.74, 6) is -0.829. The van der Waals surface area contributed by atoms with Gasteiger partial charge in [-0.15, -0.1) is 0 Å². The van der Waals surface area contributed by atoms with Crippen molar-refractivity contribution in [3.8, 4) is 23.0 Å². The van der Waals surface area contributed by atoms with Crippen molar-refractivity contribution in [3.63, 3.8) is 0 Å². The highest BCUT2D eigenvalue weighted by molar-refractivity contribution is 5.72. The molecule has 180 valence electrons. The number of hydrogen-bond acceptors (Lipinski definition) is 6.